The van der Waals surface area contributed by atoms with Crippen LogP contribution in [0.4, 0.5) is 16.2 Å². The summed E-state index contributed by atoms with van der Waals surface area (Å²) >= 11 is 0. The average Bonchev–Trinajstić information content (AvgIpc) is 3.41. The lowest BCUT2D eigenvalue weighted by molar-refractivity contribution is -0.117. The fourth-order valence-electron chi connectivity index (χ4n) is 2.59. The zero-order chi connectivity index (χ0) is 16.8. The Hall–Kier alpha value is -2.12. The summed E-state index contributed by atoms with van der Waals surface area (Å²) < 4.78 is 5.29. The van der Waals surface area contributed by atoms with E-state index in [0.29, 0.717) is 17.9 Å². The summed E-state index contributed by atoms with van der Waals surface area (Å²) in [6.45, 7) is 4.73. The van der Waals surface area contributed by atoms with E-state index in [-0.39, 0.29) is 17.9 Å². The minimum absolute atomic E-state index is 0.0575. The lowest BCUT2D eigenvalue weighted by Gasteiger charge is -2.26. The molecule has 1 aliphatic heterocycles. The molecule has 3 N–H and O–H groups in total. The van der Waals surface area contributed by atoms with E-state index < -0.39 is 0 Å². The molecule has 0 radical (unpaired) electrons. The van der Waals surface area contributed by atoms with E-state index in [1.54, 1.807) is 12.1 Å². The van der Waals surface area contributed by atoms with E-state index in [1.807, 2.05) is 12.1 Å². The van der Waals surface area contributed by atoms with Crippen molar-refractivity contribution in [2.45, 2.75) is 12.8 Å². The van der Waals surface area contributed by atoms with E-state index in [0.717, 1.165) is 45.7 Å². The number of nitrogens with one attached hydrogen (secondary N) is 3. The van der Waals surface area contributed by atoms with Gasteiger partial charge in [-0.25, -0.2) is 4.79 Å². The summed E-state index contributed by atoms with van der Waals surface area (Å²) in [6.07, 6.45) is 1.94. The van der Waals surface area contributed by atoms with Gasteiger partial charge in [-0.05, 0) is 31.0 Å². The van der Waals surface area contributed by atoms with Crippen LogP contribution in [-0.2, 0) is 9.53 Å². The Labute approximate surface area is 141 Å². The molecule has 24 heavy (non-hydrogen) atoms. The predicted octanol–water partition coefficient (Wildman–Crippen LogP) is 1.49. The Balaban J connectivity index is 1.41. The van der Waals surface area contributed by atoms with Gasteiger partial charge >= 0.3 is 6.03 Å². The molecule has 1 aromatic rings. The summed E-state index contributed by atoms with van der Waals surface area (Å²) in [5, 5.41) is 8.52. The molecule has 1 saturated carbocycles. The fourth-order valence-corrected chi connectivity index (χ4v) is 2.59. The number of anilines is 2. The monoisotopic (exact) mass is 332 g/mol. The summed E-state index contributed by atoms with van der Waals surface area (Å²) in [7, 11) is 0. The van der Waals surface area contributed by atoms with Gasteiger partial charge in [-0.3, -0.25) is 9.69 Å². The highest BCUT2D eigenvalue weighted by Gasteiger charge is 2.29. The Morgan fingerprint density at radius 2 is 1.83 bits per heavy atom. The van der Waals surface area contributed by atoms with E-state index >= 15 is 0 Å². The standard InChI is InChI=1S/C17H24N4O3/c22-16(13-4-5-13)19-14-2-1-3-15(12-14)20-17(23)18-6-7-21-8-10-24-11-9-21/h1-3,12-13H,4-11H2,(H,19,22)(H2,18,20,23). The molecule has 130 valence electrons. The molecule has 0 spiro atoms. The summed E-state index contributed by atoms with van der Waals surface area (Å²) in [6, 6.07) is 6.96. The van der Waals surface area contributed by atoms with Crippen LogP contribution in [0.5, 0.6) is 0 Å². The molecular formula is C17H24N4O3. The summed E-state index contributed by atoms with van der Waals surface area (Å²) in [5.74, 6) is 0.215. The van der Waals surface area contributed by atoms with Crippen molar-refractivity contribution >= 4 is 23.3 Å². The molecule has 0 unspecified atom stereocenters. The summed E-state index contributed by atoms with van der Waals surface area (Å²) in [4.78, 5) is 26.0. The van der Waals surface area contributed by atoms with Crippen molar-refractivity contribution in [3.05, 3.63) is 24.3 Å². The van der Waals surface area contributed by atoms with Crippen molar-refractivity contribution in [3.8, 4) is 0 Å². The molecule has 2 fully saturated rings. The van der Waals surface area contributed by atoms with Gasteiger partial charge in [-0.2, -0.15) is 0 Å². The second-order valence-corrected chi connectivity index (χ2v) is 6.18. The van der Waals surface area contributed by atoms with Crippen molar-refractivity contribution in [1.29, 1.82) is 0 Å². The van der Waals surface area contributed by atoms with Gasteiger partial charge in [0, 0.05) is 43.5 Å². The van der Waals surface area contributed by atoms with E-state index in [4.69, 9.17) is 4.74 Å². The van der Waals surface area contributed by atoms with Crippen LogP contribution < -0.4 is 16.0 Å². The second-order valence-electron chi connectivity index (χ2n) is 6.18. The van der Waals surface area contributed by atoms with Gasteiger partial charge in [0.15, 0.2) is 0 Å². The Morgan fingerprint density at radius 3 is 2.54 bits per heavy atom. The number of carbonyl (C=O) groups is 2. The molecule has 0 aromatic heterocycles. The van der Waals surface area contributed by atoms with Crippen LogP contribution in [0.1, 0.15) is 12.8 Å². The lowest BCUT2D eigenvalue weighted by atomic mass is 10.2. The first-order valence-electron chi connectivity index (χ1n) is 8.46. The van der Waals surface area contributed by atoms with Crippen molar-refractivity contribution in [1.82, 2.24) is 10.2 Å². The highest BCUT2D eigenvalue weighted by atomic mass is 16.5. The van der Waals surface area contributed by atoms with Crippen molar-refractivity contribution in [2.75, 3.05) is 50.0 Å². The smallest absolute Gasteiger partial charge is 0.319 e. The predicted molar refractivity (Wildman–Crippen MR) is 92.1 cm³/mol. The molecule has 1 aliphatic carbocycles. The number of morpholine rings is 1. The third kappa shape index (κ3) is 5.21. The highest BCUT2D eigenvalue weighted by Crippen LogP contribution is 2.30. The second kappa shape index (κ2) is 8.12. The number of amides is 3. The van der Waals surface area contributed by atoms with Gasteiger partial charge in [0.25, 0.3) is 0 Å². The SMILES string of the molecule is O=C(NCCN1CCOCC1)Nc1cccc(NC(=O)C2CC2)c1. The van der Waals surface area contributed by atoms with Gasteiger partial charge in [0.1, 0.15) is 0 Å². The minimum Gasteiger partial charge on any atom is -0.379 e. The van der Waals surface area contributed by atoms with Crippen molar-refractivity contribution in [3.63, 3.8) is 0 Å². The maximum absolute atomic E-state index is 12.0. The molecule has 2 aliphatic rings. The topological polar surface area (TPSA) is 82.7 Å². The minimum atomic E-state index is -0.242. The number of hydrogen-bond donors (Lipinski definition) is 3. The van der Waals surface area contributed by atoms with Crippen molar-refractivity contribution < 1.29 is 14.3 Å². The van der Waals surface area contributed by atoms with Crippen LogP contribution in [0, 0.1) is 5.92 Å². The van der Waals surface area contributed by atoms with E-state index in [9.17, 15) is 9.59 Å². The first-order chi connectivity index (χ1) is 11.7. The maximum Gasteiger partial charge on any atom is 0.319 e. The van der Waals surface area contributed by atoms with E-state index in [1.165, 1.54) is 0 Å². The third-order valence-corrected chi connectivity index (χ3v) is 4.15. The number of nitrogens with zero attached hydrogens (tertiary/aromatic N) is 1. The molecule has 3 amide bonds. The number of ether oxygens (including phenoxy) is 1. The number of hydrogen-bond acceptors (Lipinski definition) is 4. The molecule has 0 bridgehead atoms. The first-order valence-corrected chi connectivity index (χ1v) is 8.46. The fraction of sp³-hybridized carbons (Fsp3) is 0.529. The third-order valence-electron chi connectivity index (χ3n) is 4.15. The van der Waals surface area contributed by atoms with Gasteiger partial charge in [0.2, 0.25) is 5.91 Å². The molecule has 0 atom stereocenters. The van der Waals surface area contributed by atoms with Crippen LogP contribution >= 0.6 is 0 Å². The quantitative estimate of drug-likeness (QED) is 0.737. The maximum atomic E-state index is 12.0. The van der Waals surface area contributed by atoms with Crippen LogP contribution in [0.25, 0.3) is 0 Å². The Morgan fingerprint density at radius 1 is 1.12 bits per heavy atom. The number of carbonyl (C=O) groups excluding carboxylic acids is 2. The Bertz CT molecular complexity index is 583. The lowest BCUT2D eigenvalue weighted by Crippen LogP contribution is -2.42. The molecule has 1 saturated heterocycles. The van der Waals surface area contributed by atoms with Crippen LogP contribution in [-0.4, -0.2) is 56.2 Å². The molecule has 7 nitrogen and oxygen atoms in total. The molecule has 3 rings (SSSR count). The molecule has 1 aromatic carbocycles. The number of urea groups is 1. The van der Waals surface area contributed by atoms with Crippen molar-refractivity contribution in [2.24, 2.45) is 5.92 Å². The highest BCUT2D eigenvalue weighted by molar-refractivity contribution is 5.95. The zero-order valence-electron chi connectivity index (χ0n) is 13.7. The van der Waals surface area contributed by atoms with Crippen LogP contribution in [0.3, 0.4) is 0 Å². The summed E-state index contributed by atoms with van der Waals surface area (Å²) in [5.41, 5.74) is 1.37. The van der Waals surface area contributed by atoms with E-state index in [2.05, 4.69) is 20.9 Å². The number of benzene rings is 1. The first kappa shape index (κ1) is 16.7. The Kier molecular flexibility index (Phi) is 5.66. The van der Waals surface area contributed by atoms with Crippen LogP contribution in [0.15, 0.2) is 24.3 Å². The molecular weight excluding hydrogens is 308 g/mol. The normalized spacial score (nSPS) is 18.0. The average molecular weight is 332 g/mol. The number of rotatable bonds is 6. The largest absolute Gasteiger partial charge is 0.379 e. The van der Waals surface area contributed by atoms with Crippen LogP contribution in [0.2, 0.25) is 0 Å². The molecule has 7 heteroatoms. The zero-order valence-corrected chi connectivity index (χ0v) is 13.7. The van der Waals surface area contributed by atoms with Gasteiger partial charge in [-0.15, -0.1) is 0 Å². The van der Waals surface area contributed by atoms with Gasteiger partial charge < -0.3 is 20.7 Å². The molecule has 1 heterocycles. The van der Waals surface area contributed by atoms with Gasteiger partial charge in [-0.1, -0.05) is 6.07 Å². The van der Waals surface area contributed by atoms with Gasteiger partial charge in [0.05, 0.1) is 13.2 Å².